The number of urea groups is 1. The molecule has 0 fully saturated rings. The van der Waals surface area contributed by atoms with E-state index in [4.69, 9.17) is 4.74 Å². The number of fused-ring (bicyclic) bond motifs is 1. The number of carbonyl (C=O) groups excluding carboxylic acids is 1. The van der Waals surface area contributed by atoms with E-state index in [1.807, 2.05) is 30.3 Å². The number of ether oxygens (including phenoxy) is 1. The summed E-state index contributed by atoms with van der Waals surface area (Å²) in [6.45, 7) is 2.00. The maximum absolute atomic E-state index is 13.5. The molecule has 0 bridgehead atoms. The Labute approximate surface area is 170 Å². The van der Waals surface area contributed by atoms with Gasteiger partial charge in [0.15, 0.2) is 0 Å². The summed E-state index contributed by atoms with van der Waals surface area (Å²) in [6, 6.07) is 20.3. The van der Waals surface area contributed by atoms with Gasteiger partial charge in [-0.3, -0.25) is 4.90 Å². The molecule has 0 aliphatic carbocycles. The lowest BCUT2D eigenvalue weighted by Gasteiger charge is -2.36. The average Bonchev–Trinajstić information content (AvgIpc) is 2.73. The number of hydrogen-bond acceptors (Lipinski definition) is 4. The van der Waals surface area contributed by atoms with Gasteiger partial charge in [0.25, 0.3) is 10.0 Å². The van der Waals surface area contributed by atoms with Crippen molar-refractivity contribution in [3.05, 3.63) is 83.9 Å². The number of methoxy groups -OCH3 is 1. The molecule has 7 heteroatoms. The Kier molecular flexibility index (Phi) is 4.76. The van der Waals surface area contributed by atoms with E-state index >= 15 is 0 Å². The van der Waals surface area contributed by atoms with Crippen LogP contribution in [-0.2, 0) is 16.6 Å². The second-order valence-electron chi connectivity index (χ2n) is 6.74. The first kappa shape index (κ1) is 19.0. The van der Waals surface area contributed by atoms with E-state index in [1.54, 1.807) is 50.4 Å². The first-order valence-electron chi connectivity index (χ1n) is 9.08. The van der Waals surface area contributed by atoms with Gasteiger partial charge in [0, 0.05) is 0 Å². The number of para-hydroxylation sites is 2. The smallest absolute Gasteiger partial charge is 0.343 e. The second kappa shape index (κ2) is 7.25. The number of anilines is 2. The molecule has 148 valence electrons. The van der Waals surface area contributed by atoms with Crippen molar-refractivity contribution in [1.29, 1.82) is 0 Å². The summed E-state index contributed by atoms with van der Waals surface area (Å²) in [5.74, 6) is 0.670. The van der Waals surface area contributed by atoms with Crippen LogP contribution in [0.4, 0.5) is 16.2 Å². The molecule has 0 unspecified atom stereocenters. The summed E-state index contributed by atoms with van der Waals surface area (Å²) in [4.78, 5) is 15.0. The summed E-state index contributed by atoms with van der Waals surface area (Å²) in [6.07, 6.45) is 0. The second-order valence-corrected chi connectivity index (χ2v) is 8.50. The van der Waals surface area contributed by atoms with Gasteiger partial charge in [0.05, 0.1) is 25.0 Å². The van der Waals surface area contributed by atoms with E-state index in [9.17, 15) is 13.2 Å². The summed E-state index contributed by atoms with van der Waals surface area (Å²) < 4.78 is 32.8. The molecule has 0 N–H and O–H groups in total. The van der Waals surface area contributed by atoms with E-state index in [-0.39, 0.29) is 11.4 Å². The van der Waals surface area contributed by atoms with E-state index in [1.165, 1.54) is 11.0 Å². The van der Waals surface area contributed by atoms with Crippen LogP contribution in [0, 0.1) is 6.92 Å². The molecule has 29 heavy (non-hydrogen) atoms. The number of hydrogen-bond donors (Lipinski definition) is 0. The van der Waals surface area contributed by atoms with Crippen molar-refractivity contribution in [3.8, 4) is 5.75 Å². The van der Waals surface area contributed by atoms with E-state index in [0.29, 0.717) is 22.7 Å². The van der Waals surface area contributed by atoms with Gasteiger partial charge in [0.2, 0.25) is 0 Å². The van der Waals surface area contributed by atoms with E-state index in [0.717, 1.165) is 9.87 Å². The molecule has 3 aromatic carbocycles. The molecule has 1 heterocycles. The molecular weight excluding hydrogens is 388 g/mol. The number of rotatable bonds is 4. The molecule has 1 aliphatic rings. The first-order valence-corrected chi connectivity index (χ1v) is 10.5. The Bertz CT molecular complexity index is 1190. The molecule has 2 amide bonds. The zero-order chi connectivity index (χ0) is 20.6. The maximum atomic E-state index is 13.5. The van der Waals surface area contributed by atoms with Crippen molar-refractivity contribution >= 4 is 27.4 Å². The highest BCUT2D eigenvalue weighted by molar-refractivity contribution is 7.94. The van der Waals surface area contributed by atoms with Crippen molar-refractivity contribution in [1.82, 2.24) is 0 Å². The normalized spacial score (nSPS) is 15.2. The Morgan fingerprint density at radius 1 is 0.897 bits per heavy atom. The topological polar surface area (TPSA) is 66.9 Å². The summed E-state index contributed by atoms with van der Waals surface area (Å²) in [7, 11) is -2.45. The largest absolute Gasteiger partial charge is 0.497 e. The lowest BCUT2D eigenvalue weighted by atomic mass is 10.1. The van der Waals surface area contributed by atoms with Gasteiger partial charge in [-0.1, -0.05) is 42.5 Å². The van der Waals surface area contributed by atoms with E-state index < -0.39 is 16.1 Å². The van der Waals surface area contributed by atoms with Gasteiger partial charge < -0.3 is 4.74 Å². The molecular formula is C22H20N2O4S. The van der Waals surface area contributed by atoms with Gasteiger partial charge >= 0.3 is 6.03 Å². The van der Waals surface area contributed by atoms with Crippen molar-refractivity contribution < 1.29 is 17.9 Å². The Balaban J connectivity index is 1.87. The highest BCUT2D eigenvalue weighted by Crippen LogP contribution is 2.38. The lowest BCUT2D eigenvalue weighted by molar-refractivity contribution is 0.253. The standard InChI is InChI=1S/C22H20N2O4S/c1-16-8-3-4-11-19(16)24-22(25)23(15-17-9-7-10-18(14-17)28-2)20-12-5-6-13-21(20)29(24,26)27/h3-14H,15H2,1-2H3. The number of carbonyl (C=O) groups is 1. The van der Waals surface area contributed by atoms with Crippen molar-refractivity contribution in [3.63, 3.8) is 0 Å². The third kappa shape index (κ3) is 3.23. The minimum absolute atomic E-state index is 0.103. The third-order valence-corrected chi connectivity index (χ3v) is 6.62. The number of amides is 2. The highest BCUT2D eigenvalue weighted by Gasteiger charge is 2.42. The van der Waals surface area contributed by atoms with Crippen LogP contribution < -0.4 is 13.9 Å². The summed E-state index contributed by atoms with van der Waals surface area (Å²) in [5, 5.41) is 0. The van der Waals surface area contributed by atoms with Crippen LogP contribution in [0.3, 0.4) is 0 Å². The molecule has 4 rings (SSSR count). The quantitative estimate of drug-likeness (QED) is 0.644. The average molecular weight is 408 g/mol. The van der Waals surface area contributed by atoms with Crippen LogP contribution in [0.2, 0.25) is 0 Å². The molecule has 0 saturated carbocycles. The zero-order valence-electron chi connectivity index (χ0n) is 16.1. The van der Waals surface area contributed by atoms with Crippen LogP contribution in [0.1, 0.15) is 11.1 Å². The van der Waals surface area contributed by atoms with E-state index in [2.05, 4.69) is 0 Å². The van der Waals surface area contributed by atoms with Gasteiger partial charge in [-0.25, -0.2) is 13.2 Å². The summed E-state index contributed by atoms with van der Waals surface area (Å²) in [5.41, 5.74) is 2.24. The molecule has 6 nitrogen and oxygen atoms in total. The first-order chi connectivity index (χ1) is 13.9. The fraction of sp³-hybridized carbons (Fsp3) is 0.136. The fourth-order valence-corrected chi connectivity index (χ4v) is 5.10. The van der Waals surface area contributed by atoms with Crippen molar-refractivity contribution in [2.75, 3.05) is 16.3 Å². The van der Waals surface area contributed by atoms with Crippen LogP contribution in [0.25, 0.3) is 0 Å². The van der Waals surface area contributed by atoms with Crippen LogP contribution in [-0.4, -0.2) is 21.6 Å². The number of nitrogens with zero attached hydrogens (tertiary/aromatic N) is 2. The number of aryl methyl sites for hydroxylation is 1. The highest BCUT2D eigenvalue weighted by atomic mass is 32.2. The van der Waals surface area contributed by atoms with Crippen molar-refractivity contribution in [2.24, 2.45) is 0 Å². The van der Waals surface area contributed by atoms with Crippen LogP contribution >= 0.6 is 0 Å². The monoisotopic (exact) mass is 408 g/mol. The molecule has 0 atom stereocenters. The maximum Gasteiger partial charge on any atom is 0.343 e. The van der Waals surface area contributed by atoms with Gasteiger partial charge in [-0.2, -0.15) is 4.31 Å². The molecule has 0 saturated heterocycles. The van der Waals surface area contributed by atoms with Crippen LogP contribution in [0.15, 0.2) is 77.7 Å². The Hall–Kier alpha value is -3.32. The van der Waals surface area contributed by atoms with Gasteiger partial charge in [0.1, 0.15) is 10.6 Å². The molecule has 0 aromatic heterocycles. The Morgan fingerprint density at radius 2 is 1.59 bits per heavy atom. The predicted octanol–water partition coefficient (Wildman–Crippen LogP) is 4.34. The van der Waals surface area contributed by atoms with Gasteiger partial charge in [-0.05, 0) is 48.4 Å². The SMILES string of the molecule is COc1cccc(CN2C(=O)N(c3ccccc3C)S(=O)(=O)c3ccccc32)c1. The van der Waals surface area contributed by atoms with Crippen LogP contribution in [0.5, 0.6) is 5.75 Å². The number of benzene rings is 3. The predicted molar refractivity (Wildman–Crippen MR) is 112 cm³/mol. The fourth-order valence-electron chi connectivity index (χ4n) is 3.44. The Morgan fingerprint density at radius 3 is 2.31 bits per heavy atom. The molecule has 0 radical (unpaired) electrons. The molecule has 3 aromatic rings. The third-order valence-electron chi connectivity index (χ3n) is 4.89. The zero-order valence-corrected chi connectivity index (χ0v) is 16.9. The summed E-state index contributed by atoms with van der Waals surface area (Å²) >= 11 is 0. The minimum Gasteiger partial charge on any atom is -0.497 e. The molecule has 1 aliphatic heterocycles. The lowest BCUT2D eigenvalue weighted by Crippen LogP contribution is -2.51. The minimum atomic E-state index is -4.03. The molecule has 0 spiro atoms. The number of sulfonamides is 1. The van der Waals surface area contributed by atoms with Crippen molar-refractivity contribution in [2.45, 2.75) is 18.4 Å². The van der Waals surface area contributed by atoms with Gasteiger partial charge in [-0.15, -0.1) is 0 Å².